The Balaban J connectivity index is 1.76. The number of rotatable bonds is 4. The highest BCUT2D eigenvalue weighted by atomic mass is 19.3. The van der Waals surface area contributed by atoms with Crippen LogP contribution in [0.3, 0.4) is 0 Å². The highest BCUT2D eigenvalue weighted by molar-refractivity contribution is 6.01. The van der Waals surface area contributed by atoms with E-state index in [-0.39, 0.29) is 11.6 Å². The van der Waals surface area contributed by atoms with E-state index in [0.29, 0.717) is 4.68 Å². The molecule has 1 fully saturated rings. The van der Waals surface area contributed by atoms with Gasteiger partial charge < -0.3 is 5.32 Å². The second-order valence-corrected chi connectivity index (χ2v) is 4.89. The molecule has 0 aliphatic heterocycles. The van der Waals surface area contributed by atoms with Crippen LogP contribution in [0.15, 0.2) is 42.7 Å². The molecule has 1 N–H and O–H groups in total. The molecular weight excluding hydrogens is 264 g/mol. The zero-order valence-corrected chi connectivity index (χ0v) is 10.6. The fourth-order valence-electron chi connectivity index (χ4n) is 2.29. The summed E-state index contributed by atoms with van der Waals surface area (Å²) >= 11 is 0. The van der Waals surface area contributed by atoms with Crippen molar-refractivity contribution in [2.24, 2.45) is 0 Å². The van der Waals surface area contributed by atoms with Crippen LogP contribution >= 0.6 is 0 Å². The van der Waals surface area contributed by atoms with Gasteiger partial charge in [0, 0.05) is 0 Å². The Kier molecular flexibility index (Phi) is 3.00. The molecule has 0 atom stereocenters. The molecule has 20 heavy (non-hydrogen) atoms. The van der Waals surface area contributed by atoms with Crippen LogP contribution in [0.25, 0.3) is 0 Å². The number of hydrogen-bond donors (Lipinski definition) is 1. The van der Waals surface area contributed by atoms with Crippen molar-refractivity contribution in [2.75, 3.05) is 5.32 Å². The monoisotopic (exact) mass is 277 g/mol. The standard InChI is InChI=1S/C14H13F2N3O/c15-13(16)19-9-11(8-17-19)18-12(20)14(6-7-14)10-4-2-1-3-5-10/h1-5,8-9,13H,6-7H2,(H,18,20). The minimum atomic E-state index is -2.70. The van der Waals surface area contributed by atoms with E-state index in [4.69, 9.17) is 0 Å². The SMILES string of the molecule is O=C(Nc1cnn(C(F)F)c1)C1(c2ccccc2)CC1. The van der Waals surface area contributed by atoms with Gasteiger partial charge in [-0.25, -0.2) is 4.68 Å². The van der Waals surface area contributed by atoms with E-state index in [1.54, 1.807) is 0 Å². The highest BCUT2D eigenvalue weighted by Crippen LogP contribution is 2.48. The molecule has 1 aromatic heterocycles. The topological polar surface area (TPSA) is 46.9 Å². The van der Waals surface area contributed by atoms with Gasteiger partial charge in [0.2, 0.25) is 5.91 Å². The maximum Gasteiger partial charge on any atom is 0.333 e. The number of nitrogens with one attached hydrogen (secondary N) is 1. The molecule has 0 saturated heterocycles. The number of hydrogen-bond acceptors (Lipinski definition) is 2. The molecule has 1 aliphatic carbocycles. The van der Waals surface area contributed by atoms with Crippen molar-refractivity contribution < 1.29 is 13.6 Å². The van der Waals surface area contributed by atoms with Gasteiger partial charge in [-0.15, -0.1) is 0 Å². The smallest absolute Gasteiger partial charge is 0.323 e. The zero-order valence-electron chi connectivity index (χ0n) is 10.6. The Bertz CT molecular complexity index is 620. The number of carbonyl (C=O) groups is 1. The van der Waals surface area contributed by atoms with Crippen LogP contribution in [-0.2, 0) is 10.2 Å². The van der Waals surface area contributed by atoms with Crippen molar-refractivity contribution in [2.45, 2.75) is 24.8 Å². The minimum Gasteiger partial charge on any atom is -0.323 e. The van der Waals surface area contributed by atoms with Crippen LogP contribution in [0.1, 0.15) is 25.0 Å². The highest BCUT2D eigenvalue weighted by Gasteiger charge is 2.51. The predicted octanol–water partition coefficient (Wildman–Crippen LogP) is 2.95. The Hall–Kier alpha value is -2.24. The quantitative estimate of drug-likeness (QED) is 0.934. The lowest BCUT2D eigenvalue weighted by Gasteiger charge is -2.14. The summed E-state index contributed by atoms with van der Waals surface area (Å²) in [5, 5.41) is 6.16. The molecule has 0 bridgehead atoms. The third kappa shape index (κ3) is 2.17. The van der Waals surface area contributed by atoms with Gasteiger partial charge in [0.1, 0.15) is 0 Å². The lowest BCUT2D eigenvalue weighted by Crippen LogP contribution is -2.27. The summed E-state index contributed by atoms with van der Waals surface area (Å²) in [7, 11) is 0. The van der Waals surface area contributed by atoms with Gasteiger partial charge >= 0.3 is 6.55 Å². The molecule has 0 radical (unpaired) electrons. The summed E-state index contributed by atoms with van der Waals surface area (Å²) in [5.41, 5.74) is 0.727. The van der Waals surface area contributed by atoms with Crippen LogP contribution in [0, 0.1) is 0 Å². The van der Waals surface area contributed by atoms with E-state index < -0.39 is 12.0 Å². The molecule has 1 amide bonds. The molecule has 3 rings (SSSR count). The van der Waals surface area contributed by atoms with Gasteiger partial charge in [-0.3, -0.25) is 4.79 Å². The fourth-order valence-corrected chi connectivity index (χ4v) is 2.29. The maximum absolute atomic E-state index is 12.4. The van der Waals surface area contributed by atoms with Gasteiger partial charge in [-0.1, -0.05) is 30.3 Å². The fraction of sp³-hybridized carbons (Fsp3) is 0.286. The summed E-state index contributed by atoms with van der Waals surface area (Å²) in [4.78, 5) is 12.3. The van der Waals surface area contributed by atoms with Gasteiger partial charge in [0.25, 0.3) is 0 Å². The third-order valence-electron chi connectivity index (χ3n) is 3.57. The molecule has 1 aliphatic rings. The van der Waals surface area contributed by atoms with E-state index in [1.165, 1.54) is 6.20 Å². The van der Waals surface area contributed by atoms with Gasteiger partial charge in [-0.05, 0) is 18.4 Å². The van der Waals surface area contributed by atoms with Crippen molar-refractivity contribution in [3.8, 4) is 0 Å². The van der Waals surface area contributed by atoms with Gasteiger partial charge in [-0.2, -0.15) is 13.9 Å². The number of aromatic nitrogens is 2. The van der Waals surface area contributed by atoms with E-state index in [0.717, 1.165) is 24.6 Å². The van der Waals surface area contributed by atoms with Gasteiger partial charge in [0.15, 0.2) is 0 Å². The first-order valence-electron chi connectivity index (χ1n) is 6.31. The number of carbonyl (C=O) groups excluding carboxylic acids is 1. The zero-order chi connectivity index (χ0) is 14.2. The van der Waals surface area contributed by atoms with Crippen molar-refractivity contribution in [3.05, 3.63) is 48.3 Å². The summed E-state index contributed by atoms with van der Waals surface area (Å²) < 4.78 is 25.3. The number of amides is 1. The first kappa shape index (κ1) is 12.8. The van der Waals surface area contributed by atoms with Crippen molar-refractivity contribution >= 4 is 11.6 Å². The number of nitrogens with zero attached hydrogens (tertiary/aromatic N) is 2. The molecule has 0 spiro atoms. The second kappa shape index (κ2) is 4.70. The van der Waals surface area contributed by atoms with E-state index in [9.17, 15) is 13.6 Å². The minimum absolute atomic E-state index is 0.169. The first-order valence-corrected chi connectivity index (χ1v) is 6.31. The maximum atomic E-state index is 12.4. The summed E-state index contributed by atoms with van der Waals surface area (Å²) in [6.07, 6.45) is 3.90. The average molecular weight is 277 g/mol. The summed E-state index contributed by atoms with van der Waals surface area (Å²) in [6, 6.07) is 9.49. The predicted molar refractivity (Wildman–Crippen MR) is 69.5 cm³/mol. The average Bonchev–Trinajstić information content (AvgIpc) is 3.14. The Morgan fingerprint density at radius 3 is 2.55 bits per heavy atom. The molecule has 1 aromatic carbocycles. The lowest BCUT2D eigenvalue weighted by atomic mass is 9.95. The van der Waals surface area contributed by atoms with Crippen molar-refractivity contribution in [1.29, 1.82) is 0 Å². The molecule has 2 aromatic rings. The molecule has 104 valence electrons. The Labute approximate surface area is 114 Å². The molecule has 4 nitrogen and oxygen atoms in total. The van der Waals surface area contributed by atoms with Crippen LogP contribution in [0.4, 0.5) is 14.5 Å². The van der Waals surface area contributed by atoms with Crippen LogP contribution in [0.2, 0.25) is 0 Å². The normalized spacial score (nSPS) is 16.1. The van der Waals surface area contributed by atoms with Gasteiger partial charge in [0.05, 0.1) is 23.5 Å². The van der Waals surface area contributed by atoms with Crippen LogP contribution < -0.4 is 5.32 Å². The van der Waals surface area contributed by atoms with Crippen molar-refractivity contribution in [3.63, 3.8) is 0 Å². The number of halogens is 2. The summed E-state index contributed by atoms with van der Waals surface area (Å²) in [6.45, 7) is -2.70. The van der Waals surface area contributed by atoms with E-state index >= 15 is 0 Å². The first-order chi connectivity index (χ1) is 9.62. The number of benzene rings is 1. The molecule has 1 heterocycles. The molecule has 1 saturated carbocycles. The van der Waals surface area contributed by atoms with Crippen LogP contribution in [-0.4, -0.2) is 15.7 Å². The largest absolute Gasteiger partial charge is 0.333 e. The molecular formula is C14H13F2N3O. The summed E-state index contributed by atoms with van der Waals surface area (Å²) in [5.74, 6) is -0.169. The number of alkyl halides is 2. The molecule has 6 heteroatoms. The Morgan fingerprint density at radius 2 is 2.00 bits per heavy atom. The third-order valence-corrected chi connectivity index (χ3v) is 3.57. The second-order valence-electron chi connectivity index (χ2n) is 4.89. The molecule has 0 unspecified atom stereocenters. The van der Waals surface area contributed by atoms with E-state index in [1.807, 2.05) is 30.3 Å². The number of anilines is 1. The Morgan fingerprint density at radius 1 is 1.30 bits per heavy atom. The van der Waals surface area contributed by atoms with E-state index in [2.05, 4.69) is 10.4 Å². The van der Waals surface area contributed by atoms with Crippen molar-refractivity contribution in [1.82, 2.24) is 9.78 Å². The van der Waals surface area contributed by atoms with Crippen LogP contribution in [0.5, 0.6) is 0 Å². The lowest BCUT2D eigenvalue weighted by molar-refractivity contribution is -0.118.